The Labute approximate surface area is 137 Å². The molecule has 1 amide bonds. The predicted octanol–water partition coefficient (Wildman–Crippen LogP) is 1.04. The number of aromatic nitrogens is 5. The van der Waals surface area contributed by atoms with Crippen molar-refractivity contribution in [2.75, 3.05) is 13.2 Å². The van der Waals surface area contributed by atoms with Gasteiger partial charge in [0.25, 0.3) is 11.8 Å². The summed E-state index contributed by atoms with van der Waals surface area (Å²) < 4.78 is 9.83. The third-order valence-corrected chi connectivity index (χ3v) is 3.07. The second-order valence-corrected chi connectivity index (χ2v) is 4.80. The number of hydrogen-bond acceptors (Lipinski definition) is 8. The lowest BCUT2D eigenvalue weighted by molar-refractivity contribution is 0.0945. The Bertz CT molecular complexity index is 804. The van der Waals surface area contributed by atoms with Crippen LogP contribution < -0.4 is 10.1 Å². The molecule has 122 valence electrons. The Kier molecular flexibility index (Phi) is 4.70. The van der Waals surface area contributed by atoms with E-state index in [4.69, 9.17) is 4.74 Å². The van der Waals surface area contributed by atoms with E-state index in [0.717, 1.165) is 5.56 Å². The number of carbonyl (C=O) groups excluding carboxylic acids is 1. The van der Waals surface area contributed by atoms with E-state index in [1.54, 1.807) is 25.4 Å². The number of carbonyl (C=O) groups is 1. The molecule has 0 fully saturated rings. The summed E-state index contributed by atoms with van der Waals surface area (Å²) in [6, 6.07) is 3.64. The van der Waals surface area contributed by atoms with Crippen LogP contribution in [0.15, 0.2) is 41.5 Å². The van der Waals surface area contributed by atoms with Gasteiger partial charge in [0, 0.05) is 30.4 Å². The molecule has 3 rings (SSSR count). The highest BCUT2D eigenvalue weighted by Gasteiger charge is 2.09. The smallest absolute Gasteiger partial charge is 0.278 e. The first-order valence-corrected chi connectivity index (χ1v) is 7.16. The molecule has 0 aliphatic heterocycles. The van der Waals surface area contributed by atoms with Crippen molar-refractivity contribution in [3.05, 3.63) is 48.2 Å². The van der Waals surface area contributed by atoms with Crippen molar-refractivity contribution in [3.8, 4) is 17.3 Å². The standard InChI is InChI=1S/C15H14N6O3/c1-10-15(21-24-20-10)23-6-5-17-14(22)12-8-18-13(19-9-12)11-3-2-4-16-7-11/h2-4,7-9H,5-6H2,1H3,(H,17,22). The zero-order chi connectivity index (χ0) is 16.8. The van der Waals surface area contributed by atoms with Crippen LogP contribution in [-0.2, 0) is 0 Å². The van der Waals surface area contributed by atoms with E-state index in [9.17, 15) is 4.79 Å². The summed E-state index contributed by atoms with van der Waals surface area (Å²) in [4.78, 5) is 24.4. The number of rotatable bonds is 6. The second kappa shape index (κ2) is 7.27. The molecule has 0 aliphatic rings. The molecule has 3 aromatic heterocycles. The molecular formula is C15H14N6O3. The molecule has 0 spiro atoms. The van der Waals surface area contributed by atoms with Crippen LogP contribution in [0.5, 0.6) is 5.88 Å². The van der Waals surface area contributed by atoms with Crippen LogP contribution in [0.2, 0.25) is 0 Å². The number of ether oxygens (including phenoxy) is 1. The van der Waals surface area contributed by atoms with Crippen LogP contribution in [0, 0.1) is 6.92 Å². The summed E-state index contributed by atoms with van der Waals surface area (Å²) in [5.74, 6) is 0.539. The summed E-state index contributed by atoms with van der Waals surface area (Å²) in [6.45, 7) is 2.26. The van der Waals surface area contributed by atoms with E-state index in [2.05, 4.69) is 35.2 Å². The molecule has 0 atom stereocenters. The Morgan fingerprint density at radius 2 is 2.08 bits per heavy atom. The van der Waals surface area contributed by atoms with Gasteiger partial charge in [0.15, 0.2) is 5.82 Å². The van der Waals surface area contributed by atoms with Crippen LogP contribution in [-0.4, -0.2) is 44.3 Å². The Hall–Kier alpha value is -3.36. The SMILES string of the molecule is Cc1nonc1OCCNC(=O)c1cnc(-c2cccnc2)nc1. The molecule has 0 saturated heterocycles. The van der Waals surface area contributed by atoms with Gasteiger partial charge >= 0.3 is 0 Å². The van der Waals surface area contributed by atoms with Crippen molar-refractivity contribution in [2.24, 2.45) is 0 Å². The van der Waals surface area contributed by atoms with Crippen LogP contribution in [0.4, 0.5) is 0 Å². The van der Waals surface area contributed by atoms with Crippen molar-refractivity contribution in [1.29, 1.82) is 0 Å². The fourth-order valence-corrected chi connectivity index (χ4v) is 1.86. The van der Waals surface area contributed by atoms with Gasteiger partial charge in [-0.3, -0.25) is 9.78 Å². The third-order valence-electron chi connectivity index (χ3n) is 3.07. The molecule has 9 heteroatoms. The Morgan fingerprint density at radius 1 is 1.25 bits per heavy atom. The van der Waals surface area contributed by atoms with Gasteiger partial charge in [-0.1, -0.05) is 5.16 Å². The number of hydrogen-bond donors (Lipinski definition) is 1. The van der Waals surface area contributed by atoms with Crippen LogP contribution in [0.1, 0.15) is 16.1 Å². The van der Waals surface area contributed by atoms with Crippen molar-refractivity contribution in [1.82, 2.24) is 30.6 Å². The molecule has 1 N–H and O–H groups in total. The highest BCUT2D eigenvalue weighted by Crippen LogP contribution is 2.12. The maximum Gasteiger partial charge on any atom is 0.278 e. The van der Waals surface area contributed by atoms with Gasteiger partial charge in [0.1, 0.15) is 12.3 Å². The van der Waals surface area contributed by atoms with E-state index >= 15 is 0 Å². The minimum absolute atomic E-state index is 0.245. The van der Waals surface area contributed by atoms with Gasteiger partial charge in [-0.05, 0) is 24.2 Å². The molecule has 0 unspecified atom stereocenters. The summed E-state index contributed by atoms with van der Waals surface area (Å²) in [5.41, 5.74) is 1.71. The van der Waals surface area contributed by atoms with Crippen molar-refractivity contribution in [2.45, 2.75) is 6.92 Å². The van der Waals surface area contributed by atoms with Gasteiger partial charge < -0.3 is 10.1 Å². The van der Waals surface area contributed by atoms with E-state index in [-0.39, 0.29) is 12.5 Å². The topological polar surface area (TPSA) is 116 Å². The van der Waals surface area contributed by atoms with Gasteiger partial charge in [0.2, 0.25) is 0 Å². The van der Waals surface area contributed by atoms with Crippen LogP contribution >= 0.6 is 0 Å². The lowest BCUT2D eigenvalue weighted by atomic mass is 10.2. The van der Waals surface area contributed by atoms with E-state index in [1.807, 2.05) is 6.07 Å². The lowest BCUT2D eigenvalue weighted by Gasteiger charge is -2.06. The quantitative estimate of drug-likeness (QED) is 0.668. The maximum absolute atomic E-state index is 12.0. The molecule has 0 radical (unpaired) electrons. The van der Waals surface area contributed by atoms with E-state index < -0.39 is 0 Å². The number of aryl methyl sites for hydroxylation is 1. The van der Waals surface area contributed by atoms with Gasteiger partial charge in [-0.15, -0.1) is 0 Å². The summed E-state index contributed by atoms with van der Waals surface area (Å²) in [5, 5.41) is 9.88. The monoisotopic (exact) mass is 326 g/mol. The normalized spacial score (nSPS) is 10.4. The fourth-order valence-electron chi connectivity index (χ4n) is 1.86. The molecule has 3 aromatic rings. The second-order valence-electron chi connectivity index (χ2n) is 4.80. The largest absolute Gasteiger partial charge is 0.472 e. The minimum Gasteiger partial charge on any atom is -0.472 e. The molecule has 0 bridgehead atoms. The fraction of sp³-hybridized carbons (Fsp3) is 0.200. The Morgan fingerprint density at radius 3 is 2.75 bits per heavy atom. The summed E-state index contributed by atoms with van der Waals surface area (Å²) in [6.07, 6.45) is 6.27. The predicted molar refractivity (Wildman–Crippen MR) is 82.1 cm³/mol. The third kappa shape index (κ3) is 3.69. The molecular weight excluding hydrogens is 312 g/mol. The van der Waals surface area contributed by atoms with Crippen LogP contribution in [0.25, 0.3) is 11.4 Å². The first-order chi connectivity index (χ1) is 11.7. The maximum atomic E-state index is 12.0. The van der Waals surface area contributed by atoms with Crippen molar-refractivity contribution in [3.63, 3.8) is 0 Å². The highest BCUT2D eigenvalue weighted by molar-refractivity contribution is 5.93. The minimum atomic E-state index is -0.286. The van der Waals surface area contributed by atoms with Gasteiger partial charge in [-0.25, -0.2) is 14.6 Å². The molecule has 0 saturated carbocycles. The van der Waals surface area contributed by atoms with Crippen molar-refractivity contribution >= 4 is 5.91 Å². The number of amides is 1. The zero-order valence-corrected chi connectivity index (χ0v) is 12.8. The highest BCUT2D eigenvalue weighted by atomic mass is 16.6. The molecule has 0 aromatic carbocycles. The van der Waals surface area contributed by atoms with E-state index in [1.165, 1.54) is 12.4 Å². The lowest BCUT2D eigenvalue weighted by Crippen LogP contribution is -2.28. The molecule has 24 heavy (non-hydrogen) atoms. The molecule has 0 aliphatic carbocycles. The number of nitrogens with one attached hydrogen (secondary N) is 1. The van der Waals surface area contributed by atoms with Crippen molar-refractivity contribution < 1.29 is 14.2 Å². The van der Waals surface area contributed by atoms with Gasteiger partial charge in [-0.2, -0.15) is 0 Å². The summed E-state index contributed by atoms with van der Waals surface area (Å²) in [7, 11) is 0. The van der Waals surface area contributed by atoms with Crippen LogP contribution in [0.3, 0.4) is 0 Å². The number of nitrogens with zero attached hydrogens (tertiary/aromatic N) is 5. The first kappa shape index (κ1) is 15.5. The average Bonchev–Trinajstić information content (AvgIpc) is 3.04. The molecule has 9 nitrogen and oxygen atoms in total. The zero-order valence-electron chi connectivity index (χ0n) is 12.8. The Balaban J connectivity index is 1.51. The molecule has 3 heterocycles. The summed E-state index contributed by atoms with van der Waals surface area (Å²) >= 11 is 0. The average molecular weight is 326 g/mol. The van der Waals surface area contributed by atoms with E-state index in [0.29, 0.717) is 29.5 Å². The van der Waals surface area contributed by atoms with Gasteiger partial charge in [0.05, 0.1) is 12.1 Å². The first-order valence-electron chi connectivity index (χ1n) is 7.16. The number of pyridine rings is 1.